The minimum atomic E-state index is 0.401. The van der Waals surface area contributed by atoms with Crippen LogP contribution < -0.4 is 5.32 Å². The average molecular weight is 311 g/mol. The fraction of sp³-hybridized carbons (Fsp3) is 0.667. The van der Waals surface area contributed by atoms with Crippen molar-refractivity contribution in [3.8, 4) is 0 Å². The molecule has 0 fully saturated rings. The highest BCUT2D eigenvalue weighted by molar-refractivity contribution is 6.30. The standard InChI is InChI=1S/C18H31ClN2/c1-5-15(6-2)14-21(7-3)13-12-18(20-4)16-8-10-17(19)11-9-16/h8-11,15,18,20H,5-7,12-14H2,1-4H3. The Hall–Kier alpha value is -0.570. The Morgan fingerprint density at radius 3 is 2.19 bits per heavy atom. The van der Waals surface area contributed by atoms with Gasteiger partial charge in [-0.15, -0.1) is 0 Å². The second-order valence-corrected chi connectivity index (χ2v) is 6.19. The van der Waals surface area contributed by atoms with Crippen molar-refractivity contribution in [2.45, 2.75) is 46.1 Å². The van der Waals surface area contributed by atoms with Crippen molar-refractivity contribution in [1.82, 2.24) is 10.2 Å². The monoisotopic (exact) mass is 310 g/mol. The summed E-state index contributed by atoms with van der Waals surface area (Å²) < 4.78 is 0. The summed E-state index contributed by atoms with van der Waals surface area (Å²) in [7, 11) is 2.04. The van der Waals surface area contributed by atoms with E-state index in [1.807, 2.05) is 19.2 Å². The zero-order valence-electron chi connectivity index (χ0n) is 14.0. The molecule has 1 N–H and O–H groups in total. The molecular formula is C18H31ClN2. The van der Waals surface area contributed by atoms with E-state index in [4.69, 9.17) is 11.6 Å². The molecule has 0 saturated carbocycles. The van der Waals surface area contributed by atoms with Crippen LogP contribution in [0.3, 0.4) is 0 Å². The second kappa shape index (κ2) is 10.2. The summed E-state index contributed by atoms with van der Waals surface area (Å²) in [6, 6.07) is 8.60. The van der Waals surface area contributed by atoms with E-state index in [0.29, 0.717) is 6.04 Å². The maximum atomic E-state index is 5.97. The van der Waals surface area contributed by atoms with Gasteiger partial charge in [0.1, 0.15) is 0 Å². The van der Waals surface area contributed by atoms with E-state index >= 15 is 0 Å². The maximum absolute atomic E-state index is 5.97. The van der Waals surface area contributed by atoms with Crippen LogP contribution in [0.4, 0.5) is 0 Å². The lowest BCUT2D eigenvalue weighted by atomic mass is 10.0. The first-order valence-corrected chi connectivity index (χ1v) is 8.67. The summed E-state index contributed by atoms with van der Waals surface area (Å²) in [6.07, 6.45) is 3.69. The SMILES string of the molecule is CCC(CC)CN(CC)CCC(NC)c1ccc(Cl)cc1. The molecule has 0 aliphatic heterocycles. The average Bonchev–Trinajstić information content (AvgIpc) is 2.52. The number of hydrogen-bond donors (Lipinski definition) is 1. The van der Waals surface area contributed by atoms with E-state index in [1.54, 1.807) is 0 Å². The summed E-state index contributed by atoms with van der Waals surface area (Å²) in [4.78, 5) is 2.58. The minimum Gasteiger partial charge on any atom is -0.313 e. The zero-order valence-corrected chi connectivity index (χ0v) is 14.8. The molecule has 0 heterocycles. The number of rotatable bonds is 10. The highest BCUT2D eigenvalue weighted by Crippen LogP contribution is 2.20. The lowest BCUT2D eigenvalue weighted by molar-refractivity contribution is 0.223. The van der Waals surface area contributed by atoms with Crippen molar-refractivity contribution in [2.75, 3.05) is 26.7 Å². The molecule has 0 aromatic heterocycles. The van der Waals surface area contributed by atoms with Crippen LogP contribution in [0.25, 0.3) is 0 Å². The van der Waals surface area contributed by atoms with Crippen molar-refractivity contribution in [2.24, 2.45) is 5.92 Å². The van der Waals surface area contributed by atoms with Crippen LogP contribution in [0, 0.1) is 5.92 Å². The molecule has 3 heteroatoms. The van der Waals surface area contributed by atoms with Gasteiger partial charge in [0.25, 0.3) is 0 Å². The summed E-state index contributed by atoms with van der Waals surface area (Å²) in [6.45, 7) is 10.4. The van der Waals surface area contributed by atoms with Gasteiger partial charge in [0.15, 0.2) is 0 Å². The van der Waals surface area contributed by atoms with Gasteiger partial charge in [-0.25, -0.2) is 0 Å². The van der Waals surface area contributed by atoms with Gasteiger partial charge in [-0.1, -0.05) is 57.3 Å². The van der Waals surface area contributed by atoms with Gasteiger partial charge in [-0.3, -0.25) is 0 Å². The van der Waals surface area contributed by atoms with Crippen molar-refractivity contribution < 1.29 is 0 Å². The van der Waals surface area contributed by atoms with Crippen LogP contribution in [0.1, 0.15) is 51.6 Å². The van der Waals surface area contributed by atoms with E-state index in [-0.39, 0.29) is 0 Å². The van der Waals surface area contributed by atoms with Gasteiger partial charge in [-0.05, 0) is 50.2 Å². The molecule has 0 spiro atoms. The highest BCUT2D eigenvalue weighted by atomic mass is 35.5. The summed E-state index contributed by atoms with van der Waals surface area (Å²) in [5, 5.41) is 4.23. The first-order valence-electron chi connectivity index (χ1n) is 8.29. The van der Waals surface area contributed by atoms with Crippen LogP contribution in [0.15, 0.2) is 24.3 Å². The Labute approximate surface area is 135 Å². The fourth-order valence-corrected chi connectivity index (χ4v) is 2.90. The predicted octanol–water partition coefficient (Wildman–Crippen LogP) is 4.75. The van der Waals surface area contributed by atoms with E-state index < -0.39 is 0 Å². The van der Waals surface area contributed by atoms with Gasteiger partial charge in [-0.2, -0.15) is 0 Å². The van der Waals surface area contributed by atoms with E-state index in [2.05, 4.69) is 43.1 Å². The van der Waals surface area contributed by atoms with E-state index in [9.17, 15) is 0 Å². The zero-order chi connectivity index (χ0) is 15.7. The van der Waals surface area contributed by atoms with Gasteiger partial charge in [0, 0.05) is 17.6 Å². The first kappa shape index (κ1) is 18.5. The first-order chi connectivity index (χ1) is 10.1. The van der Waals surface area contributed by atoms with Crippen LogP contribution in [-0.2, 0) is 0 Å². The molecule has 0 aliphatic rings. The molecule has 0 amide bonds. The van der Waals surface area contributed by atoms with Crippen molar-refractivity contribution in [3.63, 3.8) is 0 Å². The molecule has 0 saturated heterocycles. The van der Waals surface area contributed by atoms with Crippen molar-refractivity contribution in [3.05, 3.63) is 34.9 Å². The molecule has 0 bridgehead atoms. The van der Waals surface area contributed by atoms with E-state index in [0.717, 1.165) is 30.5 Å². The quantitative estimate of drug-likeness (QED) is 0.671. The number of hydrogen-bond acceptors (Lipinski definition) is 2. The van der Waals surface area contributed by atoms with Crippen LogP contribution >= 0.6 is 11.6 Å². The number of nitrogens with zero attached hydrogens (tertiary/aromatic N) is 1. The molecule has 1 aromatic rings. The highest BCUT2D eigenvalue weighted by Gasteiger charge is 2.14. The number of benzene rings is 1. The van der Waals surface area contributed by atoms with Gasteiger partial charge < -0.3 is 10.2 Å². The maximum Gasteiger partial charge on any atom is 0.0406 e. The van der Waals surface area contributed by atoms with E-state index in [1.165, 1.54) is 24.9 Å². The topological polar surface area (TPSA) is 15.3 Å². The Bertz CT molecular complexity index is 373. The van der Waals surface area contributed by atoms with Crippen LogP contribution in [-0.4, -0.2) is 31.6 Å². The summed E-state index contributed by atoms with van der Waals surface area (Å²) >= 11 is 5.97. The largest absolute Gasteiger partial charge is 0.313 e. The van der Waals surface area contributed by atoms with Crippen molar-refractivity contribution in [1.29, 1.82) is 0 Å². The second-order valence-electron chi connectivity index (χ2n) is 5.76. The summed E-state index contributed by atoms with van der Waals surface area (Å²) in [5.41, 5.74) is 1.32. The Balaban J connectivity index is 2.54. The smallest absolute Gasteiger partial charge is 0.0406 e. The normalized spacial score (nSPS) is 13.1. The van der Waals surface area contributed by atoms with Crippen LogP contribution in [0.5, 0.6) is 0 Å². The molecular weight excluding hydrogens is 280 g/mol. The third-order valence-corrected chi connectivity index (χ3v) is 4.73. The molecule has 21 heavy (non-hydrogen) atoms. The minimum absolute atomic E-state index is 0.401. The van der Waals surface area contributed by atoms with Gasteiger partial charge >= 0.3 is 0 Å². The van der Waals surface area contributed by atoms with Gasteiger partial charge in [0.05, 0.1) is 0 Å². The Morgan fingerprint density at radius 1 is 1.10 bits per heavy atom. The Kier molecular flexibility index (Phi) is 8.98. The molecule has 0 aliphatic carbocycles. The third-order valence-electron chi connectivity index (χ3n) is 4.47. The van der Waals surface area contributed by atoms with Crippen LogP contribution in [0.2, 0.25) is 5.02 Å². The Morgan fingerprint density at radius 2 is 1.71 bits per heavy atom. The summed E-state index contributed by atoms with van der Waals surface area (Å²) in [5.74, 6) is 0.827. The molecule has 1 atom stereocenters. The lowest BCUT2D eigenvalue weighted by Crippen LogP contribution is -2.32. The molecule has 120 valence electrons. The molecule has 2 nitrogen and oxygen atoms in total. The fourth-order valence-electron chi connectivity index (χ4n) is 2.77. The molecule has 1 rings (SSSR count). The molecule has 1 unspecified atom stereocenters. The lowest BCUT2D eigenvalue weighted by Gasteiger charge is -2.27. The molecule has 1 aromatic carbocycles. The van der Waals surface area contributed by atoms with Crippen molar-refractivity contribution >= 4 is 11.6 Å². The number of nitrogens with one attached hydrogen (secondary N) is 1. The molecule has 0 radical (unpaired) electrons. The van der Waals surface area contributed by atoms with Gasteiger partial charge in [0.2, 0.25) is 0 Å². The number of halogens is 1. The third kappa shape index (κ3) is 6.37. The predicted molar refractivity (Wildman–Crippen MR) is 94.1 cm³/mol.